The van der Waals surface area contributed by atoms with E-state index in [0.717, 1.165) is 30.8 Å². The number of nitrogens with two attached hydrogens (primary N) is 1. The van der Waals surface area contributed by atoms with Crippen molar-refractivity contribution in [2.24, 2.45) is 5.73 Å². The van der Waals surface area contributed by atoms with Crippen molar-refractivity contribution >= 4 is 5.91 Å². The topological polar surface area (TPSA) is 64.8 Å². The number of carbonyl (C=O) groups is 1. The molecule has 116 valence electrons. The lowest BCUT2D eigenvalue weighted by Gasteiger charge is -2.27. The van der Waals surface area contributed by atoms with Crippen LogP contribution in [0.25, 0.3) is 0 Å². The van der Waals surface area contributed by atoms with Gasteiger partial charge in [0, 0.05) is 19.7 Å². The highest BCUT2D eigenvalue weighted by Crippen LogP contribution is 2.18. The van der Waals surface area contributed by atoms with Gasteiger partial charge in [-0.05, 0) is 37.5 Å². The third-order valence-corrected chi connectivity index (χ3v) is 3.66. The van der Waals surface area contributed by atoms with Gasteiger partial charge in [-0.1, -0.05) is 12.1 Å². The number of rotatable bonds is 6. The van der Waals surface area contributed by atoms with Gasteiger partial charge in [0.1, 0.15) is 5.75 Å². The van der Waals surface area contributed by atoms with Gasteiger partial charge in [-0.2, -0.15) is 0 Å². The summed E-state index contributed by atoms with van der Waals surface area (Å²) in [4.78, 5) is 14.1. The molecule has 0 spiro atoms. The monoisotopic (exact) mass is 292 g/mol. The van der Waals surface area contributed by atoms with E-state index in [-0.39, 0.29) is 12.0 Å². The summed E-state index contributed by atoms with van der Waals surface area (Å²) in [6.07, 6.45) is 2.18. The molecule has 1 amide bonds. The van der Waals surface area contributed by atoms with Crippen LogP contribution in [0.4, 0.5) is 0 Å². The van der Waals surface area contributed by atoms with E-state index in [9.17, 15) is 4.79 Å². The van der Waals surface area contributed by atoms with E-state index in [1.165, 1.54) is 0 Å². The number of nitrogens with zero attached hydrogens (tertiary/aromatic N) is 1. The molecule has 2 N–H and O–H groups in total. The van der Waals surface area contributed by atoms with Crippen LogP contribution in [-0.2, 0) is 16.1 Å². The van der Waals surface area contributed by atoms with Gasteiger partial charge in [0.25, 0.3) is 0 Å². The highest BCUT2D eigenvalue weighted by Gasteiger charge is 2.24. The Kier molecular flexibility index (Phi) is 5.59. The summed E-state index contributed by atoms with van der Waals surface area (Å²) in [5, 5.41) is 0. The highest BCUT2D eigenvalue weighted by molar-refractivity contribution is 5.81. The molecule has 0 saturated carbocycles. The van der Waals surface area contributed by atoms with E-state index in [1.54, 1.807) is 18.9 Å². The summed E-state index contributed by atoms with van der Waals surface area (Å²) in [5.41, 5.74) is 6.79. The van der Waals surface area contributed by atoms with E-state index in [2.05, 4.69) is 0 Å². The van der Waals surface area contributed by atoms with Crippen LogP contribution in [-0.4, -0.2) is 43.2 Å². The number of benzene rings is 1. The average molecular weight is 292 g/mol. The van der Waals surface area contributed by atoms with Crippen LogP contribution in [0.15, 0.2) is 24.3 Å². The molecule has 1 aromatic rings. The van der Waals surface area contributed by atoms with Gasteiger partial charge >= 0.3 is 0 Å². The Hall–Kier alpha value is -1.59. The predicted octanol–water partition coefficient (Wildman–Crippen LogP) is 1.55. The number of hydrogen-bond donors (Lipinski definition) is 1. The van der Waals surface area contributed by atoms with Gasteiger partial charge in [-0.3, -0.25) is 4.79 Å². The maximum absolute atomic E-state index is 12.3. The van der Waals surface area contributed by atoms with Crippen molar-refractivity contribution in [1.29, 1.82) is 0 Å². The summed E-state index contributed by atoms with van der Waals surface area (Å²) in [5.74, 6) is 0.742. The Morgan fingerprint density at radius 3 is 3.00 bits per heavy atom. The molecule has 2 atom stereocenters. The minimum Gasteiger partial charge on any atom is -0.497 e. The number of ether oxygens (including phenoxy) is 2. The summed E-state index contributed by atoms with van der Waals surface area (Å²) >= 11 is 0. The molecule has 5 nitrogen and oxygen atoms in total. The fourth-order valence-electron chi connectivity index (χ4n) is 2.55. The molecule has 1 heterocycles. The van der Waals surface area contributed by atoms with E-state index in [4.69, 9.17) is 15.2 Å². The van der Waals surface area contributed by atoms with E-state index in [1.807, 2.05) is 24.3 Å². The second kappa shape index (κ2) is 7.43. The molecule has 1 fully saturated rings. The van der Waals surface area contributed by atoms with Crippen LogP contribution in [0, 0.1) is 0 Å². The number of amides is 1. The van der Waals surface area contributed by atoms with Gasteiger partial charge in [-0.25, -0.2) is 0 Å². The van der Waals surface area contributed by atoms with Crippen molar-refractivity contribution in [2.45, 2.75) is 38.5 Å². The Morgan fingerprint density at radius 1 is 1.57 bits per heavy atom. The fourth-order valence-corrected chi connectivity index (χ4v) is 2.55. The van der Waals surface area contributed by atoms with Crippen molar-refractivity contribution in [3.63, 3.8) is 0 Å². The molecule has 1 aliphatic rings. The fraction of sp³-hybridized carbons (Fsp3) is 0.562. The first kappa shape index (κ1) is 15.8. The van der Waals surface area contributed by atoms with Crippen molar-refractivity contribution < 1.29 is 14.3 Å². The normalized spacial score (nSPS) is 19.3. The summed E-state index contributed by atoms with van der Waals surface area (Å²) in [6.45, 7) is 3.62. The molecule has 5 heteroatoms. The van der Waals surface area contributed by atoms with Gasteiger partial charge in [0.15, 0.2) is 0 Å². The Morgan fingerprint density at radius 2 is 2.38 bits per heavy atom. The average Bonchev–Trinajstić information content (AvgIpc) is 2.99. The third kappa shape index (κ3) is 4.44. The Balaban J connectivity index is 2.08. The zero-order valence-electron chi connectivity index (χ0n) is 12.7. The molecule has 0 aliphatic carbocycles. The van der Waals surface area contributed by atoms with Gasteiger partial charge in [0.2, 0.25) is 5.91 Å². The SMILES string of the molecule is COc1cccc(CN(CC2CCCO2)C(=O)[C@@H](C)N)c1. The lowest BCUT2D eigenvalue weighted by Crippen LogP contribution is -2.44. The molecule has 2 rings (SSSR count). The summed E-state index contributed by atoms with van der Waals surface area (Å²) in [6, 6.07) is 7.24. The molecule has 21 heavy (non-hydrogen) atoms. The van der Waals surface area contributed by atoms with Crippen LogP contribution in [0.3, 0.4) is 0 Å². The molecular formula is C16H24N2O3. The standard InChI is InChI=1S/C16H24N2O3/c1-12(17)16(19)18(11-15-7-4-8-21-15)10-13-5-3-6-14(9-13)20-2/h3,5-6,9,12,15H,4,7-8,10-11,17H2,1-2H3/t12-,15?/m1/s1. The van der Waals surface area contributed by atoms with E-state index < -0.39 is 6.04 Å². The predicted molar refractivity (Wildman–Crippen MR) is 81.0 cm³/mol. The van der Waals surface area contributed by atoms with Crippen LogP contribution in [0.2, 0.25) is 0 Å². The quantitative estimate of drug-likeness (QED) is 0.864. The highest BCUT2D eigenvalue weighted by atomic mass is 16.5. The molecular weight excluding hydrogens is 268 g/mol. The van der Waals surface area contributed by atoms with Crippen molar-refractivity contribution in [1.82, 2.24) is 4.90 Å². The molecule has 0 aromatic heterocycles. The van der Waals surface area contributed by atoms with Crippen molar-refractivity contribution in [3.8, 4) is 5.75 Å². The lowest BCUT2D eigenvalue weighted by molar-refractivity contribution is -0.134. The van der Waals surface area contributed by atoms with Gasteiger partial charge in [0.05, 0.1) is 19.3 Å². The molecule has 1 aliphatic heterocycles. The first-order chi connectivity index (χ1) is 10.1. The summed E-state index contributed by atoms with van der Waals surface area (Å²) < 4.78 is 10.9. The first-order valence-corrected chi connectivity index (χ1v) is 7.39. The van der Waals surface area contributed by atoms with Crippen LogP contribution in [0.1, 0.15) is 25.3 Å². The number of carbonyl (C=O) groups excluding carboxylic acids is 1. The van der Waals surface area contributed by atoms with E-state index in [0.29, 0.717) is 13.1 Å². The summed E-state index contributed by atoms with van der Waals surface area (Å²) in [7, 11) is 1.64. The second-order valence-corrected chi connectivity index (χ2v) is 5.49. The molecule has 0 radical (unpaired) electrons. The van der Waals surface area contributed by atoms with Crippen LogP contribution >= 0.6 is 0 Å². The molecule has 0 bridgehead atoms. The third-order valence-electron chi connectivity index (χ3n) is 3.66. The largest absolute Gasteiger partial charge is 0.497 e. The Labute approximate surface area is 126 Å². The van der Waals surface area contributed by atoms with Crippen LogP contribution < -0.4 is 10.5 Å². The molecule has 1 unspecified atom stereocenters. The van der Waals surface area contributed by atoms with Gasteiger partial charge < -0.3 is 20.1 Å². The minimum atomic E-state index is -0.503. The Bertz CT molecular complexity index is 470. The maximum atomic E-state index is 12.3. The second-order valence-electron chi connectivity index (χ2n) is 5.49. The lowest BCUT2D eigenvalue weighted by atomic mass is 10.1. The van der Waals surface area contributed by atoms with Crippen LogP contribution in [0.5, 0.6) is 5.75 Å². The zero-order chi connectivity index (χ0) is 15.2. The van der Waals surface area contributed by atoms with Crippen molar-refractivity contribution in [2.75, 3.05) is 20.3 Å². The zero-order valence-corrected chi connectivity index (χ0v) is 12.7. The van der Waals surface area contributed by atoms with Gasteiger partial charge in [-0.15, -0.1) is 0 Å². The minimum absolute atomic E-state index is 0.0479. The first-order valence-electron chi connectivity index (χ1n) is 7.39. The molecule has 1 saturated heterocycles. The maximum Gasteiger partial charge on any atom is 0.239 e. The number of hydrogen-bond acceptors (Lipinski definition) is 4. The molecule has 1 aromatic carbocycles. The number of methoxy groups -OCH3 is 1. The van der Waals surface area contributed by atoms with Crippen molar-refractivity contribution in [3.05, 3.63) is 29.8 Å². The smallest absolute Gasteiger partial charge is 0.239 e. The van der Waals surface area contributed by atoms with E-state index >= 15 is 0 Å².